The van der Waals surface area contributed by atoms with Crippen LogP contribution in [0.15, 0.2) is 48.5 Å². The van der Waals surface area contributed by atoms with Crippen LogP contribution in [0.5, 0.6) is 0 Å². The monoisotopic (exact) mass is 402 g/mol. The summed E-state index contributed by atoms with van der Waals surface area (Å²) in [6.07, 6.45) is 0. The number of nitrogens with zero attached hydrogens (tertiary/aromatic N) is 1. The van der Waals surface area contributed by atoms with Gasteiger partial charge in [0.15, 0.2) is 0 Å². The fourth-order valence-electron chi connectivity index (χ4n) is 2.86. The van der Waals surface area contributed by atoms with Crippen LogP contribution >= 0.6 is 11.8 Å². The van der Waals surface area contributed by atoms with Crippen molar-refractivity contribution in [2.75, 3.05) is 12.3 Å². The number of thioether (sulfide) groups is 1. The van der Waals surface area contributed by atoms with Crippen LogP contribution in [0.25, 0.3) is 0 Å². The molecule has 0 aliphatic rings. The lowest BCUT2D eigenvalue weighted by Crippen LogP contribution is -2.48. The molecule has 4 nitrogen and oxygen atoms in total. The molecule has 0 heterocycles. The number of hydrogen-bond acceptors (Lipinski definition) is 3. The van der Waals surface area contributed by atoms with Gasteiger partial charge in [0.2, 0.25) is 11.8 Å². The summed E-state index contributed by atoms with van der Waals surface area (Å²) in [5.41, 5.74) is 2.72. The van der Waals surface area contributed by atoms with Gasteiger partial charge in [-0.15, -0.1) is 11.8 Å². The van der Waals surface area contributed by atoms with E-state index in [4.69, 9.17) is 0 Å². The van der Waals surface area contributed by atoms with Crippen molar-refractivity contribution in [3.8, 4) is 0 Å². The highest BCUT2D eigenvalue weighted by atomic mass is 32.2. The summed E-state index contributed by atoms with van der Waals surface area (Å²) in [5.74, 6) is 0.133. The molecule has 0 saturated carbocycles. The van der Waals surface area contributed by atoms with Crippen LogP contribution in [0, 0.1) is 12.7 Å². The zero-order valence-electron chi connectivity index (χ0n) is 16.6. The summed E-state index contributed by atoms with van der Waals surface area (Å²) in [5, 5.41) is 2.74. The van der Waals surface area contributed by atoms with Crippen LogP contribution in [-0.4, -0.2) is 35.1 Å². The molecule has 0 saturated heterocycles. The van der Waals surface area contributed by atoms with E-state index in [1.165, 1.54) is 28.3 Å². The molecule has 0 bridgehead atoms. The first-order valence-electron chi connectivity index (χ1n) is 9.36. The molecule has 6 heteroatoms. The molecule has 0 aliphatic heterocycles. The molecule has 0 spiro atoms. The number of rotatable bonds is 9. The maximum Gasteiger partial charge on any atom is 0.242 e. The zero-order chi connectivity index (χ0) is 20.5. The quantitative estimate of drug-likeness (QED) is 0.692. The Morgan fingerprint density at radius 3 is 2.61 bits per heavy atom. The van der Waals surface area contributed by atoms with Gasteiger partial charge in [0.1, 0.15) is 11.9 Å². The van der Waals surface area contributed by atoms with E-state index < -0.39 is 6.04 Å². The second kappa shape index (κ2) is 10.9. The van der Waals surface area contributed by atoms with Gasteiger partial charge in [-0.25, -0.2) is 4.39 Å². The van der Waals surface area contributed by atoms with E-state index >= 15 is 0 Å². The van der Waals surface area contributed by atoms with Gasteiger partial charge < -0.3 is 10.2 Å². The Hall–Kier alpha value is -2.34. The summed E-state index contributed by atoms with van der Waals surface area (Å²) in [7, 11) is 0. The van der Waals surface area contributed by atoms with Crippen molar-refractivity contribution < 1.29 is 14.0 Å². The number of benzene rings is 2. The average molecular weight is 403 g/mol. The normalized spacial score (nSPS) is 11.7. The molecule has 0 aromatic heterocycles. The fraction of sp³-hybridized carbons (Fsp3) is 0.364. The summed E-state index contributed by atoms with van der Waals surface area (Å²) in [6, 6.07) is 13.8. The highest BCUT2D eigenvalue weighted by Crippen LogP contribution is 2.17. The summed E-state index contributed by atoms with van der Waals surface area (Å²) in [6.45, 7) is 6.08. The minimum atomic E-state index is -0.674. The van der Waals surface area contributed by atoms with Gasteiger partial charge in [0, 0.05) is 24.4 Å². The molecule has 0 unspecified atom stereocenters. The maximum absolute atomic E-state index is 14.1. The number of hydrogen-bond donors (Lipinski definition) is 1. The number of halogens is 1. The molecule has 0 radical (unpaired) electrons. The van der Waals surface area contributed by atoms with E-state index in [9.17, 15) is 14.0 Å². The average Bonchev–Trinajstić information content (AvgIpc) is 2.67. The molecular weight excluding hydrogens is 375 g/mol. The summed E-state index contributed by atoms with van der Waals surface area (Å²) < 4.78 is 14.1. The highest BCUT2D eigenvalue weighted by Gasteiger charge is 2.26. The number of aryl methyl sites for hydroxylation is 1. The third-order valence-electron chi connectivity index (χ3n) is 4.39. The van der Waals surface area contributed by atoms with E-state index in [1.54, 1.807) is 25.1 Å². The van der Waals surface area contributed by atoms with E-state index in [1.807, 2.05) is 32.0 Å². The SMILES string of the molecule is CCNC(=O)[C@@H](C)N(Cc1ccccc1F)C(=O)CSCc1cccc(C)c1. The van der Waals surface area contributed by atoms with Gasteiger partial charge in [-0.05, 0) is 32.4 Å². The van der Waals surface area contributed by atoms with Crippen LogP contribution < -0.4 is 5.32 Å². The van der Waals surface area contributed by atoms with Gasteiger partial charge >= 0.3 is 0 Å². The first-order chi connectivity index (χ1) is 13.4. The Labute approximate surface area is 170 Å². The van der Waals surface area contributed by atoms with Gasteiger partial charge in [-0.3, -0.25) is 9.59 Å². The van der Waals surface area contributed by atoms with Crippen molar-refractivity contribution in [2.45, 2.75) is 39.1 Å². The minimum Gasteiger partial charge on any atom is -0.355 e. The lowest BCUT2D eigenvalue weighted by Gasteiger charge is -2.28. The first kappa shape index (κ1) is 22.0. The van der Waals surface area contributed by atoms with Crippen LogP contribution in [0.4, 0.5) is 4.39 Å². The molecule has 28 heavy (non-hydrogen) atoms. The first-order valence-corrected chi connectivity index (χ1v) is 10.5. The Morgan fingerprint density at radius 2 is 1.93 bits per heavy atom. The van der Waals surface area contributed by atoms with Gasteiger partial charge in [0.25, 0.3) is 0 Å². The van der Waals surface area contributed by atoms with Crippen molar-refractivity contribution in [3.05, 3.63) is 71.0 Å². The second-order valence-corrected chi connectivity index (χ2v) is 7.65. The number of amides is 2. The topological polar surface area (TPSA) is 49.4 Å². The maximum atomic E-state index is 14.1. The van der Waals surface area contributed by atoms with Crippen LogP contribution in [0.2, 0.25) is 0 Å². The fourth-order valence-corrected chi connectivity index (χ4v) is 3.71. The van der Waals surface area contributed by atoms with Crippen molar-refractivity contribution in [1.29, 1.82) is 0 Å². The Kier molecular flexibility index (Phi) is 8.51. The molecule has 2 rings (SSSR count). The van der Waals surface area contributed by atoms with Crippen molar-refractivity contribution in [3.63, 3.8) is 0 Å². The number of carbonyl (C=O) groups excluding carboxylic acids is 2. The molecule has 2 aromatic rings. The van der Waals surface area contributed by atoms with Crippen molar-refractivity contribution in [1.82, 2.24) is 10.2 Å². The molecule has 0 aliphatic carbocycles. The van der Waals surface area contributed by atoms with Gasteiger partial charge in [-0.2, -0.15) is 0 Å². The smallest absolute Gasteiger partial charge is 0.242 e. The molecule has 2 amide bonds. The predicted molar refractivity (Wildman–Crippen MR) is 112 cm³/mol. The van der Waals surface area contributed by atoms with E-state index in [2.05, 4.69) is 11.4 Å². The number of nitrogens with one attached hydrogen (secondary N) is 1. The molecule has 150 valence electrons. The van der Waals surface area contributed by atoms with Gasteiger partial charge in [-0.1, -0.05) is 48.0 Å². The van der Waals surface area contributed by atoms with E-state index in [-0.39, 0.29) is 29.9 Å². The molecule has 1 atom stereocenters. The minimum absolute atomic E-state index is 0.0643. The van der Waals surface area contributed by atoms with E-state index in [0.717, 1.165) is 5.56 Å². The molecular formula is C22H27FN2O2S. The number of likely N-dealkylation sites (N-methyl/N-ethyl adjacent to an activating group) is 1. The van der Waals surface area contributed by atoms with E-state index in [0.29, 0.717) is 17.9 Å². The van der Waals surface area contributed by atoms with Crippen molar-refractivity contribution >= 4 is 23.6 Å². The third-order valence-corrected chi connectivity index (χ3v) is 5.38. The van der Waals surface area contributed by atoms with Crippen LogP contribution in [0.3, 0.4) is 0 Å². The lowest BCUT2D eigenvalue weighted by atomic mass is 10.1. The lowest BCUT2D eigenvalue weighted by molar-refractivity contribution is -0.138. The van der Waals surface area contributed by atoms with Crippen LogP contribution in [-0.2, 0) is 21.9 Å². The summed E-state index contributed by atoms with van der Waals surface area (Å²) >= 11 is 1.49. The highest BCUT2D eigenvalue weighted by molar-refractivity contribution is 7.99. The molecule has 1 N–H and O–H groups in total. The predicted octanol–water partition coefficient (Wildman–Crippen LogP) is 3.92. The Bertz CT molecular complexity index is 813. The molecule has 2 aromatic carbocycles. The standard InChI is InChI=1S/C22H27FN2O2S/c1-4-24-22(27)17(3)25(13-19-10-5-6-11-20(19)23)21(26)15-28-14-18-9-7-8-16(2)12-18/h5-12,17H,4,13-15H2,1-3H3,(H,24,27)/t17-/m1/s1. The third kappa shape index (κ3) is 6.37. The Morgan fingerprint density at radius 1 is 1.18 bits per heavy atom. The largest absolute Gasteiger partial charge is 0.355 e. The van der Waals surface area contributed by atoms with Gasteiger partial charge in [0.05, 0.1) is 5.75 Å². The molecule has 0 fully saturated rings. The van der Waals surface area contributed by atoms with Crippen LogP contribution in [0.1, 0.15) is 30.5 Å². The Balaban J connectivity index is 2.07. The summed E-state index contributed by atoms with van der Waals surface area (Å²) in [4.78, 5) is 26.6. The zero-order valence-corrected chi connectivity index (χ0v) is 17.4. The number of carbonyl (C=O) groups is 2. The van der Waals surface area contributed by atoms with Crippen molar-refractivity contribution in [2.24, 2.45) is 0 Å². The second-order valence-electron chi connectivity index (χ2n) is 6.67.